The van der Waals surface area contributed by atoms with Crippen LogP contribution in [0.15, 0.2) is 12.4 Å². The Balaban J connectivity index is -0.0000000450. The molecule has 1 rings (SSSR count). The Morgan fingerprint density at radius 3 is 2.50 bits per heavy atom. The summed E-state index contributed by atoms with van der Waals surface area (Å²) in [5, 5.41) is 0. The minimum atomic E-state index is 0. The largest absolute Gasteiger partial charge is 2.00 e. The summed E-state index contributed by atoms with van der Waals surface area (Å²) in [6.07, 6.45) is 3.53. The maximum Gasteiger partial charge on any atom is 2.00 e. The molecule has 1 aromatic heterocycles. The second-order valence-electron chi connectivity index (χ2n) is 1.17. The molecule has 0 atom stereocenters. The molecule has 1 aromatic rings. The number of imidazole rings is 1. The zero-order chi connectivity index (χ0) is 4.41. The van der Waals surface area contributed by atoms with Crippen LogP contribution >= 0.6 is 0 Å². The molecule has 3 nitrogen and oxygen atoms in total. The van der Waals surface area contributed by atoms with Crippen LogP contribution in [0.3, 0.4) is 0 Å². The van der Waals surface area contributed by atoms with Crippen molar-refractivity contribution in [1.82, 2.24) is 9.97 Å². The molecule has 0 saturated heterocycles. The van der Waals surface area contributed by atoms with Gasteiger partial charge in [0.25, 0.3) is 0 Å². The molecule has 0 fully saturated rings. The van der Waals surface area contributed by atoms with Crippen molar-refractivity contribution in [2.45, 2.75) is 6.92 Å². The normalized spacial score (nSPS) is 6.62. The molecule has 0 aliphatic rings. The van der Waals surface area contributed by atoms with Gasteiger partial charge in [-0.2, -0.15) is 0 Å². The van der Waals surface area contributed by atoms with Crippen molar-refractivity contribution >= 4 is 23.1 Å². The monoisotopic (exact) mass is 126 g/mol. The van der Waals surface area contributed by atoms with Crippen LogP contribution in [0.25, 0.3) is 0 Å². The molecule has 1 heterocycles. The van der Waals surface area contributed by atoms with E-state index >= 15 is 0 Å². The van der Waals surface area contributed by atoms with Crippen LogP contribution in [0.4, 0.5) is 0 Å². The van der Waals surface area contributed by atoms with E-state index in [-0.39, 0.29) is 31.4 Å². The molecule has 3 N–H and O–H groups in total. The van der Waals surface area contributed by atoms with E-state index in [0.29, 0.717) is 0 Å². The van der Waals surface area contributed by atoms with Crippen molar-refractivity contribution in [2.75, 3.05) is 0 Å². The number of nitrogens with one attached hydrogen (secondary N) is 1. The molecular formula is C4H10MgN2O. The van der Waals surface area contributed by atoms with E-state index in [9.17, 15) is 0 Å². The van der Waals surface area contributed by atoms with Gasteiger partial charge >= 0.3 is 23.1 Å². The van der Waals surface area contributed by atoms with Gasteiger partial charge < -0.3 is 13.3 Å². The van der Waals surface area contributed by atoms with Gasteiger partial charge in [-0.25, -0.2) is 4.98 Å². The van der Waals surface area contributed by atoms with Crippen molar-refractivity contribution in [3.8, 4) is 0 Å². The molecule has 0 spiro atoms. The van der Waals surface area contributed by atoms with Crippen LogP contribution in [-0.2, 0) is 0 Å². The van der Waals surface area contributed by atoms with Crippen LogP contribution in [0.2, 0.25) is 0 Å². The molecule has 0 radical (unpaired) electrons. The summed E-state index contributed by atoms with van der Waals surface area (Å²) in [4.78, 5) is 6.75. The number of H-pyrrole nitrogens is 1. The predicted molar refractivity (Wildman–Crippen MR) is 34.9 cm³/mol. The summed E-state index contributed by atoms with van der Waals surface area (Å²) in [5.74, 6) is 0.968. The fourth-order valence-corrected chi connectivity index (χ4v) is 0.344. The fourth-order valence-electron chi connectivity index (χ4n) is 0.344. The molecule has 0 amide bonds. The van der Waals surface area contributed by atoms with Gasteiger partial charge in [0.05, 0.1) is 0 Å². The van der Waals surface area contributed by atoms with Crippen molar-refractivity contribution in [3.05, 3.63) is 18.2 Å². The summed E-state index contributed by atoms with van der Waals surface area (Å²) in [6.45, 7) is 1.92. The van der Waals surface area contributed by atoms with Crippen LogP contribution in [0, 0.1) is 6.92 Å². The molecular weight excluding hydrogens is 116 g/mol. The topological polar surface area (TPSA) is 60.2 Å². The van der Waals surface area contributed by atoms with Gasteiger partial charge in [0, 0.05) is 12.4 Å². The minimum absolute atomic E-state index is 0. The summed E-state index contributed by atoms with van der Waals surface area (Å²) in [6, 6.07) is 0. The third kappa shape index (κ3) is 3.01. The Morgan fingerprint density at radius 1 is 1.75 bits per heavy atom. The summed E-state index contributed by atoms with van der Waals surface area (Å²) in [5.41, 5.74) is 0. The summed E-state index contributed by atoms with van der Waals surface area (Å²) in [7, 11) is 0. The van der Waals surface area contributed by atoms with Crippen LogP contribution < -0.4 is 0 Å². The minimum Gasteiger partial charge on any atom is -1.00 e. The number of aryl methyl sites for hydroxylation is 1. The number of aromatic amines is 1. The van der Waals surface area contributed by atoms with Gasteiger partial charge in [0.1, 0.15) is 5.82 Å². The third-order valence-corrected chi connectivity index (χ3v) is 0.635. The first-order valence-electron chi connectivity index (χ1n) is 1.85. The van der Waals surface area contributed by atoms with E-state index in [1.54, 1.807) is 12.4 Å². The maximum atomic E-state index is 3.86. The van der Waals surface area contributed by atoms with Crippen LogP contribution in [-0.4, -0.2) is 38.5 Å². The van der Waals surface area contributed by atoms with Crippen LogP contribution in [0.5, 0.6) is 0 Å². The van der Waals surface area contributed by atoms with E-state index in [4.69, 9.17) is 0 Å². The van der Waals surface area contributed by atoms with Crippen molar-refractivity contribution in [3.63, 3.8) is 0 Å². The Bertz CT molecular complexity index is 125. The van der Waals surface area contributed by atoms with E-state index in [2.05, 4.69) is 9.97 Å². The van der Waals surface area contributed by atoms with Gasteiger partial charge in [-0.1, -0.05) is 0 Å². The summed E-state index contributed by atoms with van der Waals surface area (Å²) < 4.78 is 0. The van der Waals surface area contributed by atoms with E-state index in [1.807, 2.05) is 6.92 Å². The van der Waals surface area contributed by atoms with Gasteiger partial charge in [0.2, 0.25) is 0 Å². The molecule has 8 heavy (non-hydrogen) atoms. The van der Waals surface area contributed by atoms with Crippen molar-refractivity contribution in [1.29, 1.82) is 0 Å². The smallest absolute Gasteiger partial charge is 1.00 e. The van der Waals surface area contributed by atoms with E-state index < -0.39 is 0 Å². The third-order valence-electron chi connectivity index (χ3n) is 0.635. The van der Waals surface area contributed by atoms with E-state index in [1.165, 1.54) is 0 Å². The summed E-state index contributed by atoms with van der Waals surface area (Å²) >= 11 is 0. The molecule has 4 heteroatoms. The van der Waals surface area contributed by atoms with E-state index in [0.717, 1.165) is 5.82 Å². The van der Waals surface area contributed by atoms with Crippen molar-refractivity contribution < 1.29 is 8.33 Å². The van der Waals surface area contributed by atoms with Crippen molar-refractivity contribution in [2.24, 2.45) is 0 Å². The first-order valence-corrected chi connectivity index (χ1v) is 1.85. The Kier molecular flexibility index (Phi) is 6.88. The zero-order valence-corrected chi connectivity index (χ0v) is 6.22. The van der Waals surface area contributed by atoms with Gasteiger partial charge in [-0.05, 0) is 6.92 Å². The SMILES string of the molecule is Cc1ncc[nH]1.O.[H-].[H-].[Mg+2]. The number of hydrogen-bond donors (Lipinski definition) is 1. The molecule has 44 valence electrons. The first-order chi connectivity index (χ1) is 2.89. The first kappa shape index (κ1) is 10.8. The predicted octanol–water partition coefficient (Wildman–Crippen LogP) is -0.262. The second kappa shape index (κ2) is 5.08. The molecule has 0 unspecified atom stereocenters. The Morgan fingerprint density at radius 2 is 2.38 bits per heavy atom. The molecule has 0 aliphatic heterocycles. The molecule has 0 saturated carbocycles. The average Bonchev–Trinajstić information content (AvgIpc) is 1.86. The Labute approximate surface area is 66.9 Å². The fraction of sp³-hybridized carbons (Fsp3) is 0.250. The standard InChI is InChI=1S/C4H6N2.Mg.H2O.2H/c1-4-5-2-3-6-4;;;;/h2-3H,1H3,(H,5,6);;1H2;;/q;+2;;2*-1. The molecule has 0 aliphatic carbocycles. The zero-order valence-electron chi connectivity index (χ0n) is 6.81. The molecule has 0 bridgehead atoms. The van der Waals surface area contributed by atoms with Gasteiger partial charge in [0.15, 0.2) is 0 Å². The number of nitrogens with zero attached hydrogens (tertiary/aromatic N) is 1. The molecule has 0 aromatic carbocycles. The second-order valence-corrected chi connectivity index (χ2v) is 1.17. The number of hydrogen-bond acceptors (Lipinski definition) is 1. The van der Waals surface area contributed by atoms with Crippen LogP contribution in [0.1, 0.15) is 8.68 Å². The average molecular weight is 126 g/mol. The number of aromatic nitrogens is 2. The number of rotatable bonds is 0. The Hall–Kier alpha value is -0.0638. The maximum absolute atomic E-state index is 3.86. The van der Waals surface area contributed by atoms with Gasteiger partial charge in [-0.15, -0.1) is 0 Å². The quantitative estimate of drug-likeness (QED) is 0.478. The van der Waals surface area contributed by atoms with Gasteiger partial charge in [-0.3, -0.25) is 0 Å².